The lowest BCUT2D eigenvalue weighted by Gasteiger charge is -2.20. The van der Waals surface area contributed by atoms with Crippen LogP contribution in [-0.4, -0.2) is 21.1 Å². The Bertz CT molecular complexity index is 1130. The molecule has 3 aromatic rings. The summed E-state index contributed by atoms with van der Waals surface area (Å²) in [5.41, 5.74) is 0.210. The average Bonchev–Trinajstić information content (AvgIpc) is 2.65. The van der Waals surface area contributed by atoms with E-state index in [9.17, 15) is 14.4 Å². The number of hydrogen-bond acceptors (Lipinski definition) is 3. The van der Waals surface area contributed by atoms with Gasteiger partial charge in [-0.05, 0) is 44.5 Å². The number of halogens is 1. The first-order chi connectivity index (χ1) is 13.3. The molecule has 0 aliphatic heterocycles. The van der Waals surface area contributed by atoms with Crippen molar-refractivity contribution in [2.75, 3.05) is 0 Å². The van der Waals surface area contributed by atoms with Gasteiger partial charge in [-0.25, -0.2) is 4.79 Å². The normalized spacial score (nSPS) is 12.3. The van der Waals surface area contributed by atoms with E-state index < -0.39 is 17.3 Å². The lowest BCUT2D eigenvalue weighted by molar-refractivity contribution is -0.124. The SMILES string of the molecule is CC(C)NC(=O)[C@@H](C)n1c(=O)n(Cc2ccccc2)c(=O)c2ccc(Cl)cc21. The number of hydrogen-bond donors (Lipinski definition) is 1. The monoisotopic (exact) mass is 399 g/mol. The summed E-state index contributed by atoms with van der Waals surface area (Å²) in [6, 6.07) is 13.1. The van der Waals surface area contributed by atoms with E-state index in [1.165, 1.54) is 4.57 Å². The summed E-state index contributed by atoms with van der Waals surface area (Å²) in [5, 5.41) is 3.54. The second-order valence-electron chi connectivity index (χ2n) is 7.03. The van der Waals surface area contributed by atoms with Crippen molar-refractivity contribution >= 4 is 28.4 Å². The van der Waals surface area contributed by atoms with Crippen molar-refractivity contribution < 1.29 is 4.79 Å². The van der Waals surface area contributed by atoms with Gasteiger partial charge in [-0.2, -0.15) is 0 Å². The predicted octanol–water partition coefficient (Wildman–Crippen LogP) is 2.95. The van der Waals surface area contributed by atoms with Gasteiger partial charge >= 0.3 is 5.69 Å². The highest BCUT2D eigenvalue weighted by molar-refractivity contribution is 6.31. The fourth-order valence-electron chi connectivity index (χ4n) is 3.15. The molecule has 28 heavy (non-hydrogen) atoms. The molecule has 0 fully saturated rings. The van der Waals surface area contributed by atoms with Crippen LogP contribution in [0.15, 0.2) is 58.1 Å². The summed E-state index contributed by atoms with van der Waals surface area (Å²) in [6.45, 7) is 5.45. The first-order valence-corrected chi connectivity index (χ1v) is 9.46. The number of nitrogens with zero attached hydrogens (tertiary/aromatic N) is 2. The molecule has 7 heteroatoms. The van der Waals surface area contributed by atoms with Crippen molar-refractivity contribution in [1.82, 2.24) is 14.5 Å². The third-order valence-electron chi connectivity index (χ3n) is 4.51. The highest BCUT2D eigenvalue weighted by atomic mass is 35.5. The zero-order valence-electron chi connectivity index (χ0n) is 16.0. The first-order valence-electron chi connectivity index (χ1n) is 9.08. The zero-order chi connectivity index (χ0) is 20.4. The minimum absolute atomic E-state index is 0.0734. The van der Waals surface area contributed by atoms with Crippen molar-refractivity contribution in [1.29, 1.82) is 0 Å². The van der Waals surface area contributed by atoms with Gasteiger partial charge in [0.1, 0.15) is 6.04 Å². The summed E-state index contributed by atoms with van der Waals surface area (Å²) >= 11 is 6.11. The molecule has 3 rings (SSSR count). The van der Waals surface area contributed by atoms with Gasteiger partial charge in [0, 0.05) is 11.1 Å². The van der Waals surface area contributed by atoms with Gasteiger partial charge in [0.05, 0.1) is 17.4 Å². The minimum atomic E-state index is -0.807. The average molecular weight is 400 g/mol. The summed E-state index contributed by atoms with van der Waals surface area (Å²) in [6.07, 6.45) is 0. The Labute approximate surface area is 167 Å². The van der Waals surface area contributed by atoms with E-state index in [2.05, 4.69) is 5.32 Å². The maximum absolute atomic E-state index is 13.3. The van der Waals surface area contributed by atoms with E-state index in [-0.39, 0.29) is 18.5 Å². The molecule has 0 radical (unpaired) electrons. The van der Waals surface area contributed by atoms with Crippen molar-refractivity contribution in [2.24, 2.45) is 0 Å². The smallest absolute Gasteiger partial charge is 0.332 e. The quantitative estimate of drug-likeness (QED) is 0.716. The molecule has 0 aliphatic rings. The molecule has 6 nitrogen and oxygen atoms in total. The largest absolute Gasteiger partial charge is 0.352 e. The second-order valence-corrected chi connectivity index (χ2v) is 7.47. The number of amides is 1. The second kappa shape index (κ2) is 8.02. The molecule has 0 saturated heterocycles. The van der Waals surface area contributed by atoms with Crippen LogP contribution in [0.1, 0.15) is 32.4 Å². The maximum atomic E-state index is 13.3. The Hall–Kier alpha value is -2.86. The van der Waals surface area contributed by atoms with E-state index in [1.807, 2.05) is 44.2 Å². The van der Waals surface area contributed by atoms with Crippen LogP contribution < -0.4 is 16.6 Å². The topological polar surface area (TPSA) is 73.1 Å². The van der Waals surface area contributed by atoms with E-state index in [4.69, 9.17) is 11.6 Å². The number of carbonyl (C=O) groups is 1. The minimum Gasteiger partial charge on any atom is -0.352 e. The summed E-state index contributed by atoms with van der Waals surface area (Å²) in [5.74, 6) is -0.303. The molecule has 0 bridgehead atoms. The van der Waals surface area contributed by atoms with Crippen LogP contribution in [0, 0.1) is 0 Å². The van der Waals surface area contributed by atoms with Gasteiger partial charge in [0.25, 0.3) is 5.56 Å². The van der Waals surface area contributed by atoms with Crippen molar-refractivity contribution in [3.8, 4) is 0 Å². The highest BCUT2D eigenvalue weighted by Gasteiger charge is 2.22. The van der Waals surface area contributed by atoms with Gasteiger partial charge in [-0.15, -0.1) is 0 Å². The van der Waals surface area contributed by atoms with Crippen LogP contribution in [-0.2, 0) is 11.3 Å². The van der Waals surface area contributed by atoms with E-state index in [0.29, 0.717) is 15.9 Å². The molecule has 0 spiro atoms. The molecular formula is C21H22ClN3O3. The standard InChI is InChI=1S/C21H22ClN3O3/c1-13(2)23-19(26)14(3)25-18-11-16(22)9-10-17(18)20(27)24(21(25)28)12-15-7-5-4-6-8-15/h4-11,13-14H,12H2,1-3H3,(H,23,26)/t14-/m1/s1. The van der Waals surface area contributed by atoms with Gasteiger partial charge in [0.2, 0.25) is 5.91 Å². The van der Waals surface area contributed by atoms with Crippen LogP contribution in [0.4, 0.5) is 0 Å². The molecule has 1 atom stereocenters. The van der Waals surface area contributed by atoms with Gasteiger partial charge < -0.3 is 5.32 Å². The van der Waals surface area contributed by atoms with Crippen molar-refractivity contribution in [3.63, 3.8) is 0 Å². The van der Waals surface area contributed by atoms with Crippen LogP contribution in [0.5, 0.6) is 0 Å². The number of benzene rings is 2. The molecule has 2 aromatic carbocycles. The third kappa shape index (κ3) is 3.87. The van der Waals surface area contributed by atoms with Crippen LogP contribution in [0.3, 0.4) is 0 Å². The van der Waals surface area contributed by atoms with E-state index in [0.717, 1.165) is 10.1 Å². The molecule has 1 heterocycles. The number of aromatic nitrogens is 2. The molecule has 0 saturated carbocycles. The fraction of sp³-hybridized carbons (Fsp3) is 0.286. The number of rotatable bonds is 5. The van der Waals surface area contributed by atoms with Crippen LogP contribution in [0.2, 0.25) is 5.02 Å². The third-order valence-corrected chi connectivity index (χ3v) is 4.75. The lowest BCUT2D eigenvalue weighted by Crippen LogP contribution is -2.45. The Balaban J connectivity index is 2.26. The van der Waals surface area contributed by atoms with Crippen molar-refractivity contribution in [3.05, 3.63) is 80.0 Å². The van der Waals surface area contributed by atoms with Crippen LogP contribution >= 0.6 is 11.6 Å². The summed E-state index contributed by atoms with van der Waals surface area (Å²) in [7, 11) is 0. The number of carbonyl (C=O) groups excluding carboxylic acids is 1. The Morgan fingerprint density at radius 2 is 1.75 bits per heavy atom. The fourth-order valence-corrected chi connectivity index (χ4v) is 3.32. The van der Waals surface area contributed by atoms with Gasteiger partial charge in [0.15, 0.2) is 0 Å². The molecule has 1 aromatic heterocycles. The van der Waals surface area contributed by atoms with E-state index in [1.54, 1.807) is 25.1 Å². The highest BCUT2D eigenvalue weighted by Crippen LogP contribution is 2.19. The molecule has 1 amide bonds. The summed E-state index contributed by atoms with van der Waals surface area (Å²) in [4.78, 5) is 38.8. The Morgan fingerprint density at radius 1 is 1.07 bits per heavy atom. The first kappa shape index (κ1) is 19.9. The zero-order valence-corrected chi connectivity index (χ0v) is 16.7. The van der Waals surface area contributed by atoms with Crippen LogP contribution in [0.25, 0.3) is 10.9 Å². The lowest BCUT2D eigenvalue weighted by atomic mass is 10.2. The number of fused-ring (bicyclic) bond motifs is 1. The molecule has 1 N–H and O–H groups in total. The number of nitrogens with one attached hydrogen (secondary N) is 1. The van der Waals surface area contributed by atoms with Gasteiger partial charge in [-0.1, -0.05) is 41.9 Å². The maximum Gasteiger partial charge on any atom is 0.332 e. The summed E-state index contributed by atoms with van der Waals surface area (Å²) < 4.78 is 2.49. The molecule has 0 unspecified atom stereocenters. The molecule has 146 valence electrons. The molecular weight excluding hydrogens is 378 g/mol. The Morgan fingerprint density at radius 3 is 2.39 bits per heavy atom. The predicted molar refractivity (Wildman–Crippen MR) is 111 cm³/mol. The van der Waals surface area contributed by atoms with E-state index >= 15 is 0 Å². The van der Waals surface area contributed by atoms with Gasteiger partial charge in [-0.3, -0.25) is 18.7 Å². The molecule has 0 aliphatic carbocycles. The Kier molecular flexibility index (Phi) is 5.70. The van der Waals surface area contributed by atoms with Crippen molar-refractivity contribution in [2.45, 2.75) is 39.4 Å².